The zero-order valence-corrected chi connectivity index (χ0v) is 11.7. The number of hydrogen-bond donors (Lipinski definition) is 1. The van der Waals surface area contributed by atoms with Crippen LogP contribution in [0.5, 0.6) is 0 Å². The SMILES string of the molecule is Clc1ccc2[nH]c3c(c2c1)CCO[C@@H]3c1ccccc1. The number of nitrogens with one attached hydrogen (secondary N) is 1. The topological polar surface area (TPSA) is 25.0 Å². The molecule has 0 saturated heterocycles. The Hall–Kier alpha value is -1.77. The molecule has 0 amide bonds. The first kappa shape index (κ1) is 12.0. The summed E-state index contributed by atoms with van der Waals surface area (Å²) < 4.78 is 5.99. The van der Waals surface area contributed by atoms with Gasteiger partial charge in [-0.2, -0.15) is 0 Å². The van der Waals surface area contributed by atoms with Gasteiger partial charge in [-0.15, -0.1) is 0 Å². The third-order valence-corrected chi connectivity index (χ3v) is 4.14. The summed E-state index contributed by atoms with van der Waals surface area (Å²) in [5, 5.41) is 2.00. The van der Waals surface area contributed by atoms with Crippen LogP contribution in [-0.4, -0.2) is 11.6 Å². The van der Waals surface area contributed by atoms with E-state index < -0.39 is 0 Å². The summed E-state index contributed by atoms with van der Waals surface area (Å²) in [6.45, 7) is 0.742. The van der Waals surface area contributed by atoms with Crippen molar-refractivity contribution in [3.63, 3.8) is 0 Å². The largest absolute Gasteiger partial charge is 0.367 e. The summed E-state index contributed by atoms with van der Waals surface area (Å²) in [7, 11) is 0. The molecular weight excluding hydrogens is 270 g/mol. The van der Waals surface area contributed by atoms with Crippen molar-refractivity contribution in [3.05, 3.63) is 70.4 Å². The molecule has 2 aromatic carbocycles. The van der Waals surface area contributed by atoms with Gasteiger partial charge in [-0.25, -0.2) is 0 Å². The second kappa shape index (κ2) is 4.65. The average molecular weight is 284 g/mol. The van der Waals surface area contributed by atoms with Gasteiger partial charge in [0.15, 0.2) is 0 Å². The van der Waals surface area contributed by atoms with Crippen LogP contribution in [0.2, 0.25) is 5.02 Å². The van der Waals surface area contributed by atoms with Crippen LogP contribution >= 0.6 is 11.6 Å². The molecule has 0 unspecified atom stereocenters. The smallest absolute Gasteiger partial charge is 0.123 e. The van der Waals surface area contributed by atoms with Crippen molar-refractivity contribution in [2.75, 3.05) is 6.61 Å². The molecule has 1 aliphatic heterocycles. The van der Waals surface area contributed by atoms with Crippen molar-refractivity contribution < 1.29 is 4.74 Å². The van der Waals surface area contributed by atoms with Gasteiger partial charge in [0.1, 0.15) is 6.10 Å². The van der Waals surface area contributed by atoms with E-state index in [-0.39, 0.29) is 6.10 Å². The molecule has 1 N–H and O–H groups in total. The molecule has 0 saturated carbocycles. The second-order valence-electron chi connectivity index (χ2n) is 5.12. The van der Waals surface area contributed by atoms with Gasteiger partial charge in [-0.3, -0.25) is 0 Å². The van der Waals surface area contributed by atoms with E-state index >= 15 is 0 Å². The van der Waals surface area contributed by atoms with Crippen LogP contribution in [0.3, 0.4) is 0 Å². The molecule has 0 bridgehead atoms. The maximum atomic E-state index is 6.13. The third kappa shape index (κ3) is 1.84. The van der Waals surface area contributed by atoms with Crippen LogP contribution in [0.15, 0.2) is 48.5 Å². The van der Waals surface area contributed by atoms with E-state index in [0.29, 0.717) is 0 Å². The molecule has 20 heavy (non-hydrogen) atoms. The Morgan fingerprint density at radius 2 is 1.95 bits per heavy atom. The van der Waals surface area contributed by atoms with Gasteiger partial charge >= 0.3 is 0 Å². The highest BCUT2D eigenvalue weighted by Gasteiger charge is 2.26. The van der Waals surface area contributed by atoms with Gasteiger partial charge in [-0.05, 0) is 35.7 Å². The van der Waals surface area contributed by atoms with Crippen molar-refractivity contribution in [2.24, 2.45) is 0 Å². The predicted molar refractivity (Wildman–Crippen MR) is 81.2 cm³/mol. The van der Waals surface area contributed by atoms with Crippen LogP contribution in [0.25, 0.3) is 10.9 Å². The van der Waals surface area contributed by atoms with E-state index in [1.165, 1.54) is 22.2 Å². The molecule has 1 aliphatic rings. The van der Waals surface area contributed by atoms with Crippen LogP contribution in [-0.2, 0) is 11.2 Å². The van der Waals surface area contributed by atoms with Crippen LogP contribution in [0.4, 0.5) is 0 Å². The second-order valence-corrected chi connectivity index (χ2v) is 5.56. The van der Waals surface area contributed by atoms with Gasteiger partial charge in [0.05, 0.1) is 12.3 Å². The zero-order valence-electron chi connectivity index (χ0n) is 10.9. The Balaban J connectivity index is 1.91. The predicted octanol–water partition coefficient (Wildman–Crippen LogP) is 4.48. The lowest BCUT2D eigenvalue weighted by molar-refractivity contribution is 0.0677. The molecule has 0 spiro atoms. The summed E-state index contributed by atoms with van der Waals surface area (Å²) in [6, 6.07) is 16.3. The summed E-state index contributed by atoms with van der Waals surface area (Å²) in [5.74, 6) is 0. The van der Waals surface area contributed by atoms with Crippen molar-refractivity contribution in [2.45, 2.75) is 12.5 Å². The first-order chi connectivity index (χ1) is 9.83. The Kier molecular flexibility index (Phi) is 2.79. The molecule has 2 nitrogen and oxygen atoms in total. The minimum atomic E-state index is -0.00822. The van der Waals surface area contributed by atoms with Crippen molar-refractivity contribution in [3.8, 4) is 0 Å². The Labute approximate surface area is 122 Å². The Morgan fingerprint density at radius 3 is 2.80 bits per heavy atom. The zero-order chi connectivity index (χ0) is 13.5. The Bertz CT molecular complexity index is 763. The highest BCUT2D eigenvalue weighted by atomic mass is 35.5. The highest BCUT2D eigenvalue weighted by Crippen LogP contribution is 2.37. The maximum Gasteiger partial charge on any atom is 0.123 e. The van der Waals surface area contributed by atoms with E-state index in [4.69, 9.17) is 16.3 Å². The van der Waals surface area contributed by atoms with Gasteiger partial charge in [0.2, 0.25) is 0 Å². The number of halogens is 1. The fourth-order valence-corrected chi connectivity index (χ4v) is 3.16. The molecular formula is C17H14ClNO. The van der Waals surface area contributed by atoms with Crippen molar-refractivity contribution in [1.29, 1.82) is 0 Å². The van der Waals surface area contributed by atoms with E-state index in [1.807, 2.05) is 36.4 Å². The summed E-state index contributed by atoms with van der Waals surface area (Å²) in [5.41, 5.74) is 4.82. The molecule has 100 valence electrons. The van der Waals surface area contributed by atoms with Crippen LogP contribution in [0, 0.1) is 0 Å². The minimum absolute atomic E-state index is 0.00822. The number of fused-ring (bicyclic) bond motifs is 3. The van der Waals surface area contributed by atoms with Gasteiger partial charge in [0, 0.05) is 15.9 Å². The summed E-state index contributed by atoms with van der Waals surface area (Å²) in [6.07, 6.45) is 0.921. The molecule has 2 heterocycles. The quantitative estimate of drug-likeness (QED) is 0.700. The molecule has 0 radical (unpaired) electrons. The number of aromatic amines is 1. The fraction of sp³-hybridized carbons (Fsp3) is 0.176. The molecule has 3 heteroatoms. The Morgan fingerprint density at radius 1 is 1.10 bits per heavy atom. The van der Waals surface area contributed by atoms with E-state index in [9.17, 15) is 0 Å². The van der Waals surface area contributed by atoms with Crippen LogP contribution < -0.4 is 0 Å². The normalized spacial score (nSPS) is 18.1. The van der Waals surface area contributed by atoms with Crippen molar-refractivity contribution >= 4 is 22.5 Å². The van der Waals surface area contributed by atoms with Gasteiger partial charge < -0.3 is 9.72 Å². The monoisotopic (exact) mass is 283 g/mol. The number of rotatable bonds is 1. The van der Waals surface area contributed by atoms with Gasteiger partial charge in [-0.1, -0.05) is 41.9 Å². The molecule has 1 atom stereocenters. The first-order valence-corrected chi connectivity index (χ1v) is 7.17. The molecule has 1 aromatic heterocycles. The molecule has 3 aromatic rings. The lowest BCUT2D eigenvalue weighted by Gasteiger charge is -2.23. The number of hydrogen-bond acceptors (Lipinski definition) is 1. The number of aromatic nitrogens is 1. The van der Waals surface area contributed by atoms with Gasteiger partial charge in [0.25, 0.3) is 0 Å². The maximum absolute atomic E-state index is 6.13. The average Bonchev–Trinajstić information content (AvgIpc) is 2.86. The van der Waals surface area contributed by atoms with E-state index in [1.54, 1.807) is 0 Å². The lowest BCUT2D eigenvalue weighted by Crippen LogP contribution is -2.16. The fourth-order valence-electron chi connectivity index (χ4n) is 2.99. The number of ether oxygens (including phenoxy) is 1. The van der Waals surface area contributed by atoms with Crippen molar-refractivity contribution in [1.82, 2.24) is 4.98 Å². The third-order valence-electron chi connectivity index (χ3n) is 3.90. The highest BCUT2D eigenvalue weighted by molar-refractivity contribution is 6.31. The van der Waals surface area contributed by atoms with E-state index in [2.05, 4.69) is 17.1 Å². The number of H-pyrrole nitrogens is 1. The molecule has 0 aliphatic carbocycles. The van der Waals surface area contributed by atoms with E-state index in [0.717, 1.165) is 23.6 Å². The summed E-state index contributed by atoms with van der Waals surface area (Å²) >= 11 is 6.13. The first-order valence-electron chi connectivity index (χ1n) is 6.79. The number of benzene rings is 2. The lowest BCUT2D eigenvalue weighted by atomic mass is 9.98. The van der Waals surface area contributed by atoms with Crippen LogP contribution in [0.1, 0.15) is 22.9 Å². The minimum Gasteiger partial charge on any atom is -0.367 e. The summed E-state index contributed by atoms with van der Waals surface area (Å²) in [4.78, 5) is 3.51. The standard InChI is InChI=1S/C17H14ClNO/c18-12-6-7-15-14(10-12)13-8-9-20-17(16(13)19-15)11-4-2-1-3-5-11/h1-7,10,17,19H,8-9H2/t17-/m1/s1. The molecule has 4 rings (SSSR count). The molecule has 0 fully saturated rings.